The van der Waals surface area contributed by atoms with E-state index in [1.54, 1.807) is 13.0 Å². The summed E-state index contributed by atoms with van der Waals surface area (Å²) in [7, 11) is 0. The van der Waals surface area contributed by atoms with Crippen LogP contribution in [-0.2, 0) is 0 Å². The Hall–Kier alpha value is -2.34. The fourth-order valence-electron chi connectivity index (χ4n) is 1.84. The molecule has 0 unspecified atom stereocenters. The molecular formula is C15H17N3O2S. The van der Waals surface area contributed by atoms with Gasteiger partial charge in [0.2, 0.25) is 0 Å². The van der Waals surface area contributed by atoms with E-state index in [4.69, 9.17) is 16.6 Å². The summed E-state index contributed by atoms with van der Waals surface area (Å²) >= 11 is 5.16. The molecule has 110 valence electrons. The Morgan fingerprint density at radius 3 is 2.57 bits per heavy atom. The Labute approximate surface area is 128 Å². The number of nitrogens with one attached hydrogen (secondary N) is 3. The lowest BCUT2D eigenvalue weighted by molar-refractivity contribution is 0.0942. The second-order valence-corrected chi connectivity index (χ2v) is 5.08. The van der Waals surface area contributed by atoms with Crippen molar-refractivity contribution >= 4 is 28.9 Å². The molecule has 6 heteroatoms. The topological polar surface area (TPSA) is 66.3 Å². The van der Waals surface area contributed by atoms with Crippen molar-refractivity contribution in [1.29, 1.82) is 0 Å². The van der Waals surface area contributed by atoms with Crippen LogP contribution >= 0.6 is 12.2 Å². The molecule has 0 aliphatic heterocycles. The third-order valence-corrected chi connectivity index (χ3v) is 3.45. The number of benzene rings is 1. The number of hydrogen-bond donors (Lipinski definition) is 3. The number of carbonyl (C=O) groups excluding carboxylic acids is 1. The molecule has 0 aliphatic carbocycles. The van der Waals surface area contributed by atoms with Crippen LogP contribution in [0.1, 0.15) is 27.2 Å². The maximum absolute atomic E-state index is 11.9. The molecule has 5 nitrogen and oxygen atoms in total. The van der Waals surface area contributed by atoms with E-state index in [1.165, 1.54) is 11.8 Å². The highest BCUT2D eigenvalue weighted by atomic mass is 32.1. The molecule has 1 aromatic heterocycles. The van der Waals surface area contributed by atoms with Crippen LogP contribution < -0.4 is 16.2 Å². The minimum absolute atomic E-state index is 0.300. The van der Waals surface area contributed by atoms with Gasteiger partial charge >= 0.3 is 0 Å². The zero-order valence-electron chi connectivity index (χ0n) is 12.1. The molecule has 1 aromatic carbocycles. The molecule has 0 aliphatic rings. The molecule has 1 heterocycles. The number of aryl methyl sites for hydroxylation is 2. The van der Waals surface area contributed by atoms with Crippen molar-refractivity contribution in [1.82, 2.24) is 10.9 Å². The summed E-state index contributed by atoms with van der Waals surface area (Å²) < 4.78 is 5.08. The van der Waals surface area contributed by atoms with Crippen molar-refractivity contribution in [2.24, 2.45) is 0 Å². The van der Waals surface area contributed by atoms with Gasteiger partial charge in [-0.05, 0) is 56.2 Å². The van der Waals surface area contributed by atoms with E-state index in [9.17, 15) is 4.79 Å². The van der Waals surface area contributed by atoms with Crippen LogP contribution in [0.5, 0.6) is 0 Å². The average Bonchev–Trinajstić information content (AvgIpc) is 2.87. The van der Waals surface area contributed by atoms with E-state index in [0.29, 0.717) is 16.4 Å². The zero-order chi connectivity index (χ0) is 15.4. The van der Waals surface area contributed by atoms with Gasteiger partial charge < -0.3 is 9.73 Å². The largest absolute Gasteiger partial charge is 0.469 e. The molecule has 0 fully saturated rings. The first-order valence-corrected chi connectivity index (χ1v) is 6.87. The third-order valence-electron chi connectivity index (χ3n) is 3.25. The highest BCUT2D eigenvalue weighted by molar-refractivity contribution is 7.80. The van der Waals surface area contributed by atoms with Gasteiger partial charge in [-0.25, -0.2) is 0 Å². The van der Waals surface area contributed by atoms with Gasteiger partial charge in [-0.1, -0.05) is 12.1 Å². The van der Waals surface area contributed by atoms with Crippen LogP contribution in [0.15, 0.2) is 34.9 Å². The number of hydrazine groups is 1. The average molecular weight is 303 g/mol. The lowest BCUT2D eigenvalue weighted by atomic mass is 10.1. The first kappa shape index (κ1) is 15.1. The van der Waals surface area contributed by atoms with Crippen LogP contribution in [-0.4, -0.2) is 11.0 Å². The minimum Gasteiger partial charge on any atom is -0.469 e. The summed E-state index contributed by atoms with van der Waals surface area (Å²) in [4.78, 5) is 11.9. The van der Waals surface area contributed by atoms with Crippen molar-refractivity contribution in [3.63, 3.8) is 0 Å². The predicted octanol–water partition coefficient (Wildman–Crippen LogP) is 2.84. The third kappa shape index (κ3) is 3.61. The standard InChI is InChI=1S/C15H17N3O2S/c1-9-5-4-6-13(10(9)2)16-15(21)18-17-14(19)12-7-8-20-11(12)3/h4-8H,1-3H3,(H,17,19)(H2,16,18,21). The van der Waals surface area contributed by atoms with Crippen LogP contribution in [0, 0.1) is 20.8 Å². The van der Waals surface area contributed by atoms with E-state index in [-0.39, 0.29) is 5.91 Å². The van der Waals surface area contributed by atoms with Crippen LogP contribution in [0.3, 0.4) is 0 Å². The van der Waals surface area contributed by atoms with E-state index >= 15 is 0 Å². The van der Waals surface area contributed by atoms with Crippen molar-refractivity contribution in [3.05, 3.63) is 53.0 Å². The van der Waals surface area contributed by atoms with Crippen LogP contribution in [0.25, 0.3) is 0 Å². The van der Waals surface area contributed by atoms with Crippen molar-refractivity contribution in [2.75, 3.05) is 5.32 Å². The van der Waals surface area contributed by atoms with E-state index in [0.717, 1.165) is 11.3 Å². The Morgan fingerprint density at radius 1 is 1.14 bits per heavy atom. The van der Waals surface area contributed by atoms with Gasteiger partial charge in [-0.3, -0.25) is 15.6 Å². The Morgan fingerprint density at radius 2 is 1.90 bits per heavy atom. The monoisotopic (exact) mass is 303 g/mol. The summed E-state index contributed by atoms with van der Waals surface area (Å²) in [5.41, 5.74) is 8.85. The molecule has 3 N–H and O–H groups in total. The molecule has 0 bridgehead atoms. The maximum atomic E-state index is 11.9. The maximum Gasteiger partial charge on any atom is 0.273 e. The van der Waals surface area contributed by atoms with Gasteiger partial charge in [0.25, 0.3) is 5.91 Å². The second-order valence-electron chi connectivity index (χ2n) is 4.67. The number of hydrogen-bond acceptors (Lipinski definition) is 3. The number of rotatable bonds is 2. The summed E-state index contributed by atoms with van der Waals surface area (Å²) in [6.45, 7) is 5.76. The summed E-state index contributed by atoms with van der Waals surface area (Å²) in [6.07, 6.45) is 1.47. The summed E-state index contributed by atoms with van der Waals surface area (Å²) in [6, 6.07) is 7.51. The highest BCUT2D eigenvalue weighted by Gasteiger charge is 2.11. The van der Waals surface area contributed by atoms with Gasteiger partial charge in [0.15, 0.2) is 5.11 Å². The van der Waals surface area contributed by atoms with Gasteiger partial charge in [0.05, 0.1) is 11.8 Å². The normalized spacial score (nSPS) is 10.0. The molecule has 2 aromatic rings. The van der Waals surface area contributed by atoms with Crippen molar-refractivity contribution < 1.29 is 9.21 Å². The molecule has 0 saturated carbocycles. The number of carbonyl (C=O) groups is 1. The lowest BCUT2D eigenvalue weighted by Gasteiger charge is -2.14. The van der Waals surface area contributed by atoms with E-state index in [1.807, 2.05) is 32.0 Å². The fraction of sp³-hybridized carbons (Fsp3) is 0.200. The van der Waals surface area contributed by atoms with E-state index in [2.05, 4.69) is 16.2 Å². The smallest absolute Gasteiger partial charge is 0.273 e. The first-order chi connectivity index (χ1) is 9.99. The van der Waals surface area contributed by atoms with Crippen LogP contribution in [0.4, 0.5) is 5.69 Å². The van der Waals surface area contributed by atoms with Crippen LogP contribution in [0.2, 0.25) is 0 Å². The SMILES string of the molecule is Cc1cccc(NC(=S)NNC(=O)c2ccoc2C)c1C. The first-order valence-electron chi connectivity index (χ1n) is 6.46. The predicted molar refractivity (Wildman–Crippen MR) is 86.2 cm³/mol. The van der Waals surface area contributed by atoms with Gasteiger partial charge in [-0.2, -0.15) is 0 Å². The molecule has 0 atom stereocenters. The van der Waals surface area contributed by atoms with Gasteiger partial charge in [0, 0.05) is 5.69 Å². The van der Waals surface area contributed by atoms with Gasteiger partial charge in [0.1, 0.15) is 5.76 Å². The second kappa shape index (κ2) is 6.41. The quantitative estimate of drug-likeness (QED) is 0.588. The zero-order valence-corrected chi connectivity index (χ0v) is 12.9. The Bertz CT molecular complexity index is 679. The Balaban J connectivity index is 1.92. The minimum atomic E-state index is -0.300. The van der Waals surface area contributed by atoms with Gasteiger partial charge in [-0.15, -0.1) is 0 Å². The number of anilines is 1. The van der Waals surface area contributed by atoms with Crippen molar-refractivity contribution in [3.8, 4) is 0 Å². The lowest BCUT2D eigenvalue weighted by Crippen LogP contribution is -2.43. The number of amides is 1. The molecule has 0 radical (unpaired) electrons. The Kier molecular flexibility index (Phi) is 4.59. The molecular weight excluding hydrogens is 286 g/mol. The highest BCUT2D eigenvalue weighted by Crippen LogP contribution is 2.17. The molecule has 0 spiro atoms. The molecule has 1 amide bonds. The molecule has 2 rings (SSSR count). The summed E-state index contributed by atoms with van der Waals surface area (Å²) in [5, 5.41) is 3.37. The molecule has 0 saturated heterocycles. The van der Waals surface area contributed by atoms with Crippen molar-refractivity contribution in [2.45, 2.75) is 20.8 Å². The number of thiocarbonyl (C=S) groups is 1. The number of furan rings is 1. The molecule has 21 heavy (non-hydrogen) atoms. The fourth-order valence-corrected chi connectivity index (χ4v) is 2.00. The van der Waals surface area contributed by atoms with E-state index < -0.39 is 0 Å². The summed E-state index contributed by atoms with van der Waals surface area (Å²) in [5.74, 6) is 0.258.